The van der Waals surface area contributed by atoms with E-state index in [0.29, 0.717) is 18.0 Å². The topological polar surface area (TPSA) is 68.5 Å². The van der Waals surface area contributed by atoms with E-state index in [0.717, 1.165) is 25.1 Å². The zero-order chi connectivity index (χ0) is 14.7. The minimum Gasteiger partial charge on any atom is -0.472 e. The summed E-state index contributed by atoms with van der Waals surface area (Å²) in [6.45, 7) is 3.17. The third-order valence-electron chi connectivity index (χ3n) is 3.49. The van der Waals surface area contributed by atoms with Crippen molar-refractivity contribution in [3.05, 3.63) is 42.0 Å². The van der Waals surface area contributed by atoms with Crippen LogP contribution in [-0.4, -0.2) is 40.2 Å². The first-order valence-corrected chi connectivity index (χ1v) is 7.01. The van der Waals surface area contributed by atoms with Crippen LogP contribution in [-0.2, 0) is 0 Å². The number of hydrogen-bond acceptors (Lipinski definition) is 5. The predicted octanol–water partition coefficient (Wildman–Crippen LogP) is 2.06. The molecule has 3 rings (SSSR count). The van der Waals surface area contributed by atoms with Crippen molar-refractivity contribution in [1.82, 2.24) is 15.1 Å². The molecule has 1 aliphatic heterocycles. The van der Waals surface area contributed by atoms with Gasteiger partial charge < -0.3 is 14.1 Å². The van der Waals surface area contributed by atoms with Crippen molar-refractivity contribution < 1.29 is 13.9 Å². The molecular formula is C15H17N3O3. The first kappa shape index (κ1) is 13.6. The normalized spacial score (nSPS) is 18.5. The van der Waals surface area contributed by atoms with Gasteiger partial charge in [-0.15, -0.1) is 5.10 Å². The van der Waals surface area contributed by atoms with E-state index in [4.69, 9.17) is 9.15 Å². The number of rotatable bonds is 3. The van der Waals surface area contributed by atoms with E-state index in [1.165, 1.54) is 12.5 Å². The van der Waals surface area contributed by atoms with Crippen LogP contribution in [0, 0.1) is 6.92 Å². The highest BCUT2D eigenvalue weighted by Crippen LogP contribution is 2.18. The van der Waals surface area contributed by atoms with E-state index >= 15 is 0 Å². The van der Waals surface area contributed by atoms with Gasteiger partial charge in [0, 0.05) is 12.6 Å². The molecular weight excluding hydrogens is 270 g/mol. The number of carbonyl (C=O) groups is 1. The van der Waals surface area contributed by atoms with E-state index in [9.17, 15) is 4.79 Å². The van der Waals surface area contributed by atoms with Gasteiger partial charge in [-0.05, 0) is 31.9 Å². The van der Waals surface area contributed by atoms with Crippen molar-refractivity contribution >= 4 is 5.91 Å². The van der Waals surface area contributed by atoms with Crippen LogP contribution in [0.4, 0.5) is 0 Å². The Kier molecular flexibility index (Phi) is 3.85. The van der Waals surface area contributed by atoms with Crippen LogP contribution < -0.4 is 4.74 Å². The first-order valence-electron chi connectivity index (χ1n) is 7.01. The fraction of sp³-hybridized carbons (Fsp3) is 0.400. The summed E-state index contributed by atoms with van der Waals surface area (Å²) in [6.07, 6.45) is 4.75. The molecule has 1 aliphatic rings. The van der Waals surface area contributed by atoms with Crippen LogP contribution in [0.1, 0.15) is 28.9 Å². The largest absolute Gasteiger partial charge is 0.472 e. The second-order valence-corrected chi connectivity index (χ2v) is 5.16. The lowest BCUT2D eigenvalue weighted by atomic mass is 10.1. The number of amides is 1. The van der Waals surface area contributed by atoms with Gasteiger partial charge in [-0.25, -0.2) is 0 Å². The highest BCUT2D eigenvalue weighted by molar-refractivity contribution is 5.93. The molecule has 6 heteroatoms. The lowest BCUT2D eigenvalue weighted by Gasteiger charge is -2.32. The molecule has 21 heavy (non-hydrogen) atoms. The molecule has 2 aromatic heterocycles. The maximum Gasteiger partial charge on any atom is 0.257 e. The van der Waals surface area contributed by atoms with Gasteiger partial charge in [0.2, 0.25) is 5.88 Å². The van der Waals surface area contributed by atoms with Gasteiger partial charge in [-0.1, -0.05) is 0 Å². The monoisotopic (exact) mass is 287 g/mol. The number of nitrogens with zero attached hydrogens (tertiary/aromatic N) is 3. The van der Waals surface area contributed by atoms with Crippen molar-refractivity contribution in [3.63, 3.8) is 0 Å². The van der Waals surface area contributed by atoms with E-state index in [-0.39, 0.29) is 12.0 Å². The average molecular weight is 287 g/mol. The summed E-state index contributed by atoms with van der Waals surface area (Å²) in [5, 5.41) is 7.97. The van der Waals surface area contributed by atoms with Crippen LogP contribution in [0.3, 0.4) is 0 Å². The summed E-state index contributed by atoms with van der Waals surface area (Å²) in [4.78, 5) is 14.1. The van der Waals surface area contributed by atoms with Crippen LogP contribution in [0.5, 0.6) is 5.88 Å². The number of furan rings is 1. The van der Waals surface area contributed by atoms with Crippen LogP contribution in [0.2, 0.25) is 0 Å². The minimum absolute atomic E-state index is 0.0213. The summed E-state index contributed by atoms with van der Waals surface area (Å²) < 4.78 is 10.8. The molecule has 2 aromatic rings. The maximum atomic E-state index is 12.3. The number of carbonyl (C=O) groups excluding carboxylic acids is 1. The van der Waals surface area contributed by atoms with Gasteiger partial charge in [-0.3, -0.25) is 4.79 Å². The molecule has 0 radical (unpaired) electrons. The predicted molar refractivity (Wildman–Crippen MR) is 75.0 cm³/mol. The van der Waals surface area contributed by atoms with Crippen molar-refractivity contribution in [1.29, 1.82) is 0 Å². The van der Waals surface area contributed by atoms with Crippen molar-refractivity contribution in [2.45, 2.75) is 25.9 Å². The van der Waals surface area contributed by atoms with Gasteiger partial charge in [0.15, 0.2) is 0 Å². The molecule has 0 bridgehead atoms. The number of hydrogen-bond donors (Lipinski definition) is 0. The summed E-state index contributed by atoms with van der Waals surface area (Å²) >= 11 is 0. The minimum atomic E-state index is -0.0494. The van der Waals surface area contributed by atoms with E-state index in [1.54, 1.807) is 17.0 Å². The van der Waals surface area contributed by atoms with Gasteiger partial charge in [-0.2, -0.15) is 5.10 Å². The second kappa shape index (κ2) is 5.95. The van der Waals surface area contributed by atoms with E-state index in [1.807, 2.05) is 13.0 Å². The van der Waals surface area contributed by atoms with Gasteiger partial charge >= 0.3 is 0 Å². The summed E-state index contributed by atoms with van der Waals surface area (Å²) in [6, 6.07) is 5.34. The number of piperidine rings is 1. The molecule has 0 aliphatic carbocycles. The molecule has 6 nitrogen and oxygen atoms in total. The Hall–Kier alpha value is -2.37. The zero-order valence-electron chi connectivity index (χ0n) is 11.9. The molecule has 0 N–H and O–H groups in total. The van der Waals surface area contributed by atoms with Gasteiger partial charge in [0.25, 0.3) is 5.91 Å². The molecule has 0 unspecified atom stereocenters. The second-order valence-electron chi connectivity index (χ2n) is 5.16. The zero-order valence-corrected chi connectivity index (χ0v) is 11.9. The van der Waals surface area contributed by atoms with Crippen molar-refractivity contribution in [2.24, 2.45) is 0 Å². The molecule has 0 saturated carbocycles. The third kappa shape index (κ3) is 3.21. The van der Waals surface area contributed by atoms with Crippen molar-refractivity contribution in [2.75, 3.05) is 13.1 Å². The number of aromatic nitrogens is 2. The quantitative estimate of drug-likeness (QED) is 0.864. The highest BCUT2D eigenvalue weighted by Gasteiger charge is 2.26. The Balaban J connectivity index is 1.63. The molecule has 0 spiro atoms. The standard InChI is InChI=1S/C15H17N3O3/c1-11-4-5-14(17-16-11)21-13-3-2-7-18(9-13)15(19)12-6-8-20-10-12/h4-6,8,10,13H,2-3,7,9H2,1H3/t13-/m0/s1. The number of aryl methyl sites for hydroxylation is 1. The Morgan fingerprint density at radius 2 is 2.29 bits per heavy atom. The SMILES string of the molecule is Cc1ccc(O[C@H]2CCCN(C(=O)c3ccoc3)C2)nn1. The summed E-state index contributed by atoms with van der Waals surface area (Å²) in [5.41, 5.74) is 1.42. The molecule has 0 aromatic carbocycles. The first-order chi connectivity index (χ1) is 10.2. The maximum absolute atomic E-state index is 12.3. The molecule has 1 fully saturated rings. The van der Waals surface area contributed by atoms with Gasteiger partial charge in [0.1, 0.15) is 12.4 Å². The molecule has 1 atom stereocenters. The fourth-order valence-corrected chi connectivity index (χ4v) is 2.41. The van der Waals surface area contributed by atoms with Gasteiger partial charge in [0.05, 0.1) is 24.1 Å². The average Bonchev–Trinajstić information content (AvgIpc) is 3.03. The molecule has 3 heterocycles. The number of likely N-dealkylation sites (tertiary alicyclic amines) is 1. The Bertz CT molecular complexity index is 595. The number of ether oxygens (including phenoxy) is 1. The Labute approximate surface area is 122 Å². The van der Waals surface area contributed by atoms with Crippen LogP contribution >= 0.6 is 0 Å². The smallest absolute Gasteiger partial charge is 0.257 e. The van der Waals surface area contributed by atoms with Crippen LogP contribution in [0.25, 0.3) is 0 Å². The summed E-state index contributed by atoms with van der Waals surface area (Å²) in [5.74, 6) is 0.482. The molecule has 1 saturated heterocycles. The van der Waals surface area contributed by atoms with Crippen LogP contribution in [0.15, 0.2) is 35.1 Å². The summed E-state index contributed by atoms with van der Waals surface area (Å²) in [7, 11) is 0. The van der Waals surface area contributed by atoms with E-state index in [2.05, 4.69) is 10.2 Å². The van der Waals surface area contributed by atoms with E-state index < -0.39 is 0 Å². The lowest BCUT2D eigenvalue weighted by Crippen LogP contribution is -2.44. The Morgan fingerprint density at radius 1 is 1.38 bits per heavy atom. The highest BCUT2D eigenvalue weighted by atomic mass is 16.5. The third-order valence-corrected chi connectivity index (χ3v) is 3.49. The lowest BCUT2D eigenvalue weighted by molar-refractivity contribution is 0.0525. The fourth-order valence-electron chi connectivity index (χ4n) is 2.41. The molecule has 110 valence electrons. The molecule has 1 amide bonds. The Morgan fingerprint density at radius 3 is 3.00 bits per heavy atom. The van der Waals surface area contributed by atoms with Crippen molar-refractivity contribution in [3.8, 4) is 5.88 Å².